The number of fused-ring (bicyclic) bond motifs is 1. The zero-order chi connectivity index (χ0) is 13.9. The molecule has 0 N–H and O–H groups in total. The molecule has 20 heavy (non-hydrogen) atoms. The van der Waals surface area contributed by atoms with Gasteiger partial charge in [0, 0.05) is 17.5 Å². The third kappa shape index (κ3) is 2.14. The van der Waals surface area contributed by atoms with Crippen LogP contribution in [-0.2, 0) is 19.3 Å². The van der Waals surface area contributed by atoms with E-state index in [1.54, 1.807) is 0 Å². The Kier molecular flexibility index (Phi) is 3.39. The third-order valence-corrected chi connectivity index (χ3v) is 3.87. The van der Waals surface area contributed by atoms with Crippen LogP contribution in [0.25, 0.3) is 11.1 Å². The molecular weight excluding hydrogens is 248 g/mol. The number of nitrogens with zero attached hydrogens (tertiary/aromatic N) is 2. The van der Waals surface area contributed by atoms with Gasteiger partial charge in [-0.15, -0.1) is 5.26 Å². The first-order valence-electron chi connectivity index (χ1n) is 6.99. The first-order valence-corrected chi connectivity index (χ1v) is 6.99. The van der Waals surface area contributed by atoms with Crippen LogP contribution in [0.3, 0.4) is 0 Å². The van der Waals surface area contributed by atoms with Crippen LogP contribution >= 0.6 is 0 Å². The molecule has 3 nitrogen and oxygen atoms in total. The van der Waals surface area contributed by atoms with E-state index < -0.39 is 0 Å². The van der Waals surface area contributed by atoms with Crippen molar-refractivity contribution in [2.75, 3.05) is 0 Å². The first-order chi connectivity index (χ1) is 9.83. The van der Waals surface area contributed by atoms with Crippen LogP contribution in [0.15, 0.2) is 30.5 Å². The van der Waals surface area contributed by atoms with Gasteiger partial charge in [0.25, 0.3) is 6.26 Å². The lowest BCUT2D eigenvalue weighted by Gasteiger charge is -2.12. The summed E-state index contributed by atoms with van der Waals surface area (Å²) < 4.78 is 5.29. The maximum Gasteiger partial charge on any atom is 0.292 e. The van der Waals surface area contributed by atoms with Crippen molar-refractivity contribution in [2.24, 2.45) is 0 Å². The highest BCUT2D eigenvalue weighted by Gasteiger charge is 2.20. The Morgan fingerprint density at radius 2 is 2.20 bits per heavy atom. The summed E-state index contributed by atoms with van der Waals surface area (Å²) in [5.74, 6) is 0.732. The fraction of sp³-hybridized carbons (Fsp3) is 0.294. The van der Waals surface area contributed by atoms with Crippen LogP contribution < -0.4 is 4.74 Å². The van der Waals surface area contributed by atoms with Gasteiger partial charge in [-0.3, -0.25) is 4.98 Å². The SMILES string of the molecule is CCc1cc(-c2ccc3c(c2OC#N)CCC3)ccn1. The zero-order valence-corrected chi connectivity index (χ0v) is 11.5. The summed E-state index contributed by atoms with van der Waals surface area (Å²) in [7, 11) is 0. The number of hydrogen-bond acceptors (Lipinski definition) is 3. The summed E-state index contributed by atoms with van der Waals surface area (Å²) in [6.07, 6.45) is 7.76. The van der Waals surface area contributed by atoms with E-state index in [9.17, 15) is 0 Å². The van der Waals surface area contributed by atoms with Crippen LogP contribution in [0.2, 0.25) is 0 Å². The van der Waals surface area contributed by atoms with Gasteiger partial charge in [-0.05, 0) is 54.5 Å². The predicted octanol–water partition coefficient (Wildman–Crippen LogP) is 3.66. The fourth-order valence-corrected chi connectivity index (χ4v) is 2.86. The molecule has 0 bridgehead atoms. The fourth-order valence-electron chi connectivity index (χ4n) is 2.86. The minimum atomic E-state index is 0.732. The predicted molar refractivity (Wildman–Crippen MR) is 77.3 cm³/mol. The van der Waals surface area contributed by atoms with E-state index in [1.807, 2.05) is 18.5 Å². The molecule has 3 rings (SSSR count). The molecule has 0 amide bonds. The van der Waals surface area contributed by atoms with Gasteiger partial charge in [0.05, 0.1) is 0 Å². The molecule has 0 aliphatic heterocycles. The van der Waals surface area contributed by atoms with Gasteiger partial charge < -0.3 is 4.74 Å². The molecule has 1 aliphatic rings. The minimum Gasteiger partial charge on any atom is -0.387 e. The van der Waals surface area contributed by atoms with Crippen molar-refractivity contribution in [3.05, 3.63) is 47.3 Å². The summed E-state index contributed by atoms with van der Waals surface area (Å²) in [4.78, 5) is 4.33. The second-order valence-corrected chi connectivity index (χ2v) is 5.02. The van der Waals surface area contributed by atoms with Crippen molar-refractivity contribution in [1.82, 2.24) is 4.98 Å². The van der Waals surface area contributed by atoms with Crippen molar-refractivity contribution < 1.29 is 4.74 Å². The molecule has 0 unspecified atom stereocenters. The average Bonchev–Trinajstić information content (AvgIpc) is 2.97. The molecule has 0 saturated heterocycles. The Morgan fingerprint density at radius 1 is 1.30 bits per heavy atom. The Morgan fingerprint density at radius 3 is 3.00 bits per heavy atom. The van der Waals surface area contributed by atoms with Gasteiger partial charge in [0.2, 0.25) is 0 Å². The molecule has 0 saturated carbocycles. The van der Waals surface area contributed by atoms with Gasteiger partial charge in [0.15, 0.2) is 5.75 Å². The number of ether oxygens (including phenoxy) is 1. The van der Waals surface area contributed by atoms with Crippen LogP contribution in [-0.4, -0.2) is 4.98 Å². The van der Waals surface area contributed by atoms with Crippen molar-refractivity contribution >= 4 is 0 Å². The normalized spacial score (nSPS) is 12.8. The summed E-state index contributed by atoms with van der Waals surface area (Å²) in [5.41, 5.74) is 5.61. The molecule has 0 radical (unpaired) electrons. The van der Waals surface area contributed by atoms with Gasteiger partial charge in [-0.1, -0.05) is 19.1 Å². The number of rotatable bonds is 3. The number of pyridine rings is 1. The number of nitriles is 1. The highest BCUT2D eigenvalue weighted by molar-refractivity contribution is 5.74. The van der Waals surface area contributed by atoms with E-state index in [0.29, 0.717) is 0 Å². The van der Waals surface area contributed by atoms with E-state index in [4.69, 9.17) is 10.00 Å². The van der Waals surface area contributed by atoms with Gasteiger partial charge in [-0.2, -0.15) is 0 Å². The van der Waals surface area contributed by atoms with E-state index in [1.165, 1.54) is 11.1 Å². The summed E-state index contributed by atoms with van der Waals surface area (Å²) in [6, 6.07) is 8.26. The molecule has 1 heterocycles. The molecule has 1 aliphatic carbocycles. The lowest BCUT2D eigenvalue weighted by atomic mass is 9.98. The number of benzene rings is 1. The van der Waals surface area contributed by atoms with E-state index in [2.05, 4.69) is 30.1 Å². The quantitative estimate of drug-likeness (QED) is 0.795. The lowest BCUT2D eigenvalue weighted by molar-refractivity contribution is 0.503. The summed E-state index contributed by atoms with van der Waals surface area (Å²) >= 11 is 0. The second kappa shape index (κ2) is 5.34. The molecule has 2 aromatic rings. The van der Waals surface area contributed by atoms with Gasteiger partial charge in [0.1, 0.15) is 0 Å². The first kappa shape index (κ1) is 12.7. The Labute approximate surface area is 118 Å². The minimum absolute atomic E-state index is 0.732. The number of aromatic nitrogens is 1. The Hall–Kier alpha value is -2.34. The van der Waals surface area contributed by atoms with Gasteiger partial charge in [-0.25, -0.2) is 0 Å². The number of aryl methyl sites for hydroxylation is 2. The van der Waals surface area contributed by atoms with Crippen LogP contribution in [0, 0.1) is 11.5 Å². The molecular formula is C17H16N2O. The summed E-state index contributed by atoms with van der Waals surface area (Å²) in [6.45, 7) is 2.08. The second-order valence-electron chi connectivity index (χ2n) is 5.02. The maximum absolute atomic E-state index is 8.94. The molecule has 3 heteroatoms. The topological polar surface area (TPSA) is 45.9 Å². The van der Waals surface area contributed by atoms with Crippen LogP contribution in [0.1, 0.15) is 30.2 Å². The van der Waals surface area contributed by atoms with Crippen LogP contribution in [0.4, 0.5) is 0 Å². The van der Waals surface area contributed by atoms with Gasteiger partial charge >= 0.3 is 0 Å². The van der Waals surface area contributed by atoms with E-state index in [0.717, 1.165) is 48.3 Å². The molecule has 0 spiro atoms. The monoisotopic (exact) mass is 264 g/mol. The van der Waals surface area contributed by atoms with Crippen molar-refractivity contribution in [3.63, 3.8) is 0 Å². The lowest BCUT2D eigenvalue weighted by Crippen LogP contribution is -1.95. The molecule has 1 aromatic carbocycles. The molecule has 100 valence electrons. The third-order valence-electron chi connectivity index (χ3n) is 3.87. The highest BCUT2D eigenvalue weighted by Crippen LogP contribution is 2.39. The van der Waals surface area contributed by atoms with E-state index >= 15 is 0 Å². The molecule has 0 fully saturated rings. The largest absolute Gasteiger partial charge is 0.387 e. The van der Waals surface area contributed by atoms with E-state index in [-0.39, 0.29) is 0 Å². The average molecular weight is 264 g/mol. The zero-order valence-electron chi connectivity index (χ0n) is 11.5. The summed E-state index contributed by atoms with van der Waals surface area (Å²) in [5, 5.41) is 8.94. The standard InChI is InChI=1S/C17H16N2O/c1-2-14-10-13(8-9-19-14)16-7-6-12-4-3-5-15(12)17(16)20-11-18/h6-10H,2-5H2,1H3. The van der Waals surface area contributed by atoms with Crippen molar-refractivity contribution in [1.29, 1.82) is 5.26 Å². The maximum atomic E-state index is 8.94. The Balaban J connectivity index is 2.15. The highest BCUT2D eigenvalue weighted by atomic mass is 16.5. The smallest absolute Gasteiger partial charge is 0.292 e. The van der Waals surface area contributed by atoms with Crippen LogP contribution in [0.5, 0.6) is 5.75 Å². The number of hydrogen-bond donors (Lipinski definition) is 0. The Bertz CT molecular complexity index is 686. The van der Waals surface area contributed by atoms with Crippen molar-refractivity contribution in [2.45, 2.75) is 32.6 Å². The molecule has 1 aromatic heterocycles. The molecule has 0 atom stereocenters. The van der Waals surface area contributed by atoms with Crippen molar-refractivity contribution in [3.8, 4) is 23.1 Å².